The van der Waals surface area contributed by atoms with E-state index in [0.717, 1.165) is 28.1 Å². The first-order valence-electron chi connectivity index (χ1n) is 6.37. The monoisotopic (exact) mass is 333 g/mol. The van der Waals surface area contributed by atoms with Gasteiger partial charge >= 0.3 is 0 Å². The smallest absolute Gasteiger partial charge is 0.257 e. The molecule has 0 aliphatic heterocycles. The first kappa shape index (κ1) is 14.5. The third-order valence-corrected chi connectivity index (χ3v) is 3.31. The highest BCUT2D eigenvalue weighted by atomic mass is 79.9. The Hall–Kier alpha value is -1.88. The van der Waals surface area contributed by atoms with E-state index in [9.17, 15) is 4.79 Å². The maximum atomic E-state index is 12.1. The Bertz CT molecular complexity index is 611. The standard InChI is InChI=1S/C15H16BrN3O/c1-3-17-14-7-4-11(9-18-14)15(20)19-13-6-5-12(16)8-10(13)2/h4-9H,3H2,1-2H3,(H,17,18)(H,19,20). The molecule has 1 heterocycles. The number of pyridine rings is 1. The van der Waals surface area contributed by atoms with Gasteiger partial charge in [0.05, 0.1) is 5.56 Å². The Morgan fingerprint density at radius 2 is 2.10 bits per heavy atom. The number of anilines is 2. The second kappa shape index (κ2) is 6.52. The van der Waals surface area contributed by atoms with Crippen molar-refractivity contribution in [2.75, 3.05) is 17.2 Å². The van der Waals surface area contributed by atoms with E-state index < -0.39 is 0 Å². The third kappa shape index (κ3) is 3.57. The van der Waals surface area contributed by atoms with Crippen LogP contribution < -0.4 is 10.6 Å². The van der Waals surface area contributed by atoms with Crippen LogP contribution in [0, 0.1) is 6.92 Å². The Morgan fingerprint density at radius 1 is 1.30 bits per heavy atom. The largest absolute Gasteiger partial charge is 0.370 e. The minimum absolute atomic E-state index is 0.161. The van der Waals surface area contributed by atoms with Crippen LogP contribution in [0.25, 0.3) is 0 Å². The molecule has 0 bridgehead atoms. The molecule has 104 valence electrons. The maximum Gasteiger partial charge on any atom is 0.257 e. The molecule has 5 heteroatoms. The molecule has 2 rings (SSSR count). The summed E-state index contributed by atoms with van der Waals surface area (Å²) in [5.41, 5.74) is 2.34. The Labute approximate surface area is 126 Å². The lowest BCUT2D eigenvalue weighted by molar-refractivity contribution is 0.102. The highest BCUT2D eigenvalue weighted by Crippen LogP contribution is 2.20. The number of aryl methyl sites for hydroxylation is 1. The molecular formula is C15H16BrN3O. The van der Waals surface area contributed by atoms with Crippen molar-refractivity contribution >= 4 is 33.3 Å². The van der Waals surface area contributed by atoms with E-state index in [0.29, 0.717) is 5.56 Å². The lowest BCUT2D eigenvalue weighted by atomic mass is 10.2. The van der Waals surface area contributed by atoms with E-state index in [1.165, 1.54) is 0 Å². The lowest BCUT2D eigenvalue weighted by Gasteiger charge is -2.09. The van der Waals surface area contributed by atoms with E-state index in [4.69, 9.17) is 0 Å². The van der Waals surface area contributed by atoms with Crippen LogP contribution in [0.15, 0.2) is 41.0 Å². The molecule has 2 aromatic rings. The van der Waals surface area contributed by atoms with Gasteiger partial charge in [0, 0.05) is 22.9 Å². The summed E-state index contributed by atoms with van der Waals surface area (Å²) in [5, 5.41) is 5.98. The lowest BCUT2D eigenvalue weighted by Crippen LogP contribution is -2.13. The highest BCUT2D eigenvalue weighted by Gasteiger charge is 2.08. The van der Waals surface area contributed by atoms with Gasteiger partial charge in [0.1, 0.15) is 5.82 Å². The molecule has 0 unspecified atom stereocenters. The minimum atomic E-state index is -0.161. The zero-order valence-electron chi connectivity index (χ0n) is 11.4. The minimum Gasteiger partial charge on any atom is -0.370 e. The van der Waals surface area contributed by atoms with Crippen LogP contribution in [-0.4, -0.2) is 17.4 Å². The molecule has 0 spiro atoms. The molecule has 0 atom stereocenters. The molecule has 1 aromatic heterocycles. The van der Waals surface area contributed by atoms with Gasteiger partial charge in [-0.3, -0.25) is 4.79 Å². The van der Waals surface area contributed by atoms with Crippen LogP contribution in [0.5, 0.6) is 0 Å². The topological polar surface area (TPSA) is 54.0 Å². The first-order valence-corrected chi connectivity index (χ1v) is 7.17. The fraction of sp³-hybridized carbons (Fsp3) is 0.200. The summed E-state index contributed by atoms with van der Waals surface area (Å²) in [4.78, 5) is 16.3. The molecular weight excluding hydrogens is 318 g/mol. The van der Waals surface area contributed by atoms with Crippen LogP contribution in [0.4, 0.5) is 11.5 Å². The number of hydrogen-bond acceptors (Lipinski definition) is 3. The molecule has 0 aliphatic carbocycles. The van der Waals surface area contributed by atoms with Crippen LogP contribution in [-0.2, 0) is 0 Å². The SMILES string of the molecule is CCNc1ccc(C(=O)Nc2ccc(Br)cc2C)cn1. The molecule has 20 heavy (non-hydrogen) atoms. The fourth-order valence-corrected chi connectivity index (χ4v) is 2.25. The van der Waals surface area contributed by atoms with Crippen molar-refractivity contribution in [1.82, 2.24) is 4.98 Å². The third-order valence-electron chi connectivity index (χ3n) is 2.82. The van der Waals surface area contributed by atoms with Gasteiger partial charge in [-0.05, 0) is 49.7 Å². The zero-order valence-corrected chi connectivity index (χ0v) is 13.0. The van der Waals surface area contributed by atoms with Crippen LogP contribution in [0.1, 0.15) is 22.8 Å². The van der Waals surface area contributed by atoms with Crippen LogP contribution >= 0.6 is 15.9 Å². The Balaban J connectivity index is 2.11. The van der Waals surface area contributed by atoms with E-state index in [1.807, 2.05) is 32.0 Å². The quantitative estimate of drug-likeness (QED) is 0.893. The van der Waals surface area contributed by atoms with Gasteiger partial charge < -0.3 is 10.6 Å². The van der Waals surface area contributed by atoms with E-state index in [-0.39, 0.29) is 5.91 Å². The van der Waals surface area contributed by atoms with Crippen LogP contribution in [0.2, 0.25) is 0 Å². The molecule has 2 N–H and O–H groups in total. The maximum absolute atomic E-state index is 12.1. The number of hydrogen-bond donors (Lipinski definition) is 2. The second-order valence-electron chi connectivity index (χ2n) is 4.38. The van der Waals surface area contributed by atoms with Crippen molar-refractivity contribution in [3.63, 3.8) is 0 Å². The number of benzene rings is 1. The zero-order chi connectivity index (χ0) is 14.5. The number of rotatable bonds is 4. The second-order valence-corrected chi connectivity index (χ2v) is 5.29. The van der Waals surface area contributed by atoms with Crippen molar-refractivity contribution in [1.29, 1.82) is 0 Å². The summed E-state index contributed by atoms with van der Waals surface area (Å²) in [6.07, 6.45) is 1.57. The molecule has 0 radical (unpaired) electrons. The van der Waals surface area contributed by atoms with Gasteiger partial charge in [0.25, 0.3) is 5.91 Å². The molecule has 0 aliphatic rings. The molecule has 1 amide bonds. The molecule has 0 saturated carbocycles. The van der Waals surface area contributed by atoms with Crippen molar-refractivity contribution in [2.24, 2.45) is 0 Å². The van der Waals surface area contributed by atoms with E-state index in [2.05, 4.69) is 31.5 Å². The van der Waals surface area contributed by atoms with Gasteiger partial charge in [0.2, 0.25) is 0 Å². The van der Waals surface area contributed by atoms with Crippen molar-refractivity contribution in [3.05, 3.63) is 52.1 Å². The summed E-state index contributed by atoms with van der Waals surface area (Å²) in [6.45, 7) is 4.75. The van der Waals surface area contributed by atoms with E-state index >= 15 is 0 Å². The van der Waals surface area contributed by atoms with Crippen molar-refractivity contribution in [2.45, 2.75) is 13.8 Å². The average Bonchev–Trinajstić information content (AvgIpc) is 2.43. The number of halogens is 1. The average molecular weight is 334 g/mol. The van der Waals surface area contributed by atoms with Crippen molar-refractivity contribution < 1.29 is 4.79 Å². The van der Waals surface area contributed by atoms with Crippen LogP contribution in [0.3, 0.4) is 0 Å². The van der Waals surface area contributed by atoms with Gasteiger partial charge in [-0.2, -0.15) is 0 Å². The predicted octanol–water partition coefficient (Wildman–Crippen LogP) is 3.84. The van der Waals surface area contributed by atoms with Gasteiger partial charge in [-0.25, -0.2) is 4.98 Å². The molecule has 0 fully saturated rings. The molecule has 0 saturated heterocycles. The Kier molecular flexibility index (Phi) is 4.74. The summed E-state index contributed by atoms with van der Waals surface area (Å²) in [7, 11) is 0. The number of aromatic nitrogens is 1. The number of nitrogens with one attached hydrogen (secondary N) is 2. The molecule has 1 aromatic carbocycles. The number of nitrogens with zero attached hydrogens (tertiary/aromatic N) is 1. The van der Waals surface area contributed by atoms with Gasteiger partial charge in [0.15, 0.2) is 0 Å². The number of carbonyl (C=O) groups is 1. The normalized spacial score (nSPS) is 10.2. The fourth-order valence-electron chi connectivity index (χ4n) is 1.78. The number of carbonyl (C=O) groups excluding carboxylic acids is 1. The molecule has 4 nitrogen and oxygen atoms in total. The highest BCUT2D eigenvalue weighted by molar-refractivity contribution is 9.10. The Morgan fingerprint density at radius 3 is 2.70 bits per heavy atom. The predicted molar refractivity (Wildman–Crippen MR) is 85.2 cm³/mol. The van der Waals surface area contributed by atoms with E-state index in [1.54, 1.807) is 18.3 Å². The van der Waals surface area contributed by atoms with Gasteiger partial charge in [-0.15, -0.1) is 0 Å². The van der Waals surface area contributed by atoms with Gasteiger partial charge in [-0.1, -0.05) is 15.9 Å². The summed E-state index contributed by atoms with van der Waals surface area (Å²) in [6, 6.07) is 9.29. The summed E-state index contributed by atoms with van der Waals surface area (Å²) in [5.74, 6) is 0.606. The summed E-state index contributed by atoms with van der Waals surface area (Å²) >= 11 is 3.40. The first-order chi connectivity index (χ1) is 9.60. The summed E-state index contributed by atoms with van der Waals surface area (Å²) < 4.78 is 0.990. The number of amides is 1. The van der Waals surface area contributed by atoms with Crippen molar-refractivity contribution in [3.8, 4) is 0 Å².